The number of hydrogen-bond acceptors (Lipinski definition) is 6. The lowest BCUT2D eigenvalue weighted by atomic mass is 9.96. The summed E-state index contributed by atoms with van der Waals surface area (Å²) in [4.78, 5) is 0. The maximum Gasteiger partial charge on any atom is 0.0874 e. The van der Waals surface area contributed by atoms with Gasteiger partial charge in [0.1, 0.15) is 0 Å². The molecule has 0 aromatic rings. The van der Waals surface area contributed by atoms with Gasteiger partial charge in [-0.15, -0.1) is 0 Å². The fourth-order valence-electron chi connectivity index (χ4n) is 1.60. The normalized spacial score (nSPS) is 14.8. The molecule has 0 bridgehead atoms. The summed E-state index contributed by atoms with van der Waals surface area (Å²) in [5.74, 6) is 0. The Kier molecular flexibility index (Phi) is 37.2. The maximum atomic E-state index is 2.50. The fraction of sp³-hybridized carbons (Fsp3) is 1.00. The summed E-state index contributed by atoms with van der Waals surface area (Å²) >= 11 is 0. The van der Waals surface area contributed by atoms with E-state index in [-0.39, 0.29) is 7.43 Å². The maximum absolute atomic E-state index is 2.50. The van der Waals surface area contributed by atoms with E-state index in [0.29, 0.717) is 5.54 Å². The third-order valence-corrected chi connectivity index (χ3v) is 14.5. The van der Waals surface area contributed by atoms with Crippen molar-refractivity contribution in [1.29, 1.82) is 0 Å². The first-order valence-corrected chi connectivity index (χ1v) is 20.9. The van der Waals surface area contributed by atoms with Gasteiger partial charge in [0, 0.05) is 20.1 Å². The van der Waals surface area contributed by atoms with Crippen LogP contribution in [0.15, 0.2) is 0 Å². The molecule has 0 radical (unpaired) electrons. The lowest BCUT2D eigenvalue weighted by molar-refractivity contribution is 0.238. The van der Waals surface area contributed by atoms with Crippen molar-refractivity contribution in [2.24, 2.45) is 0 Å². The van der Waals surface area contributed by atoms with Gasteiger partial charge >= 0.3 is 0 Å². The molecule has 0 saturated heterocycles. The van der Waals surface area contributed by atoms with Crippen LogP contribution in [0, 0.1) is 0 Å². The second-order valence-electron chi connectivity index (χ2n) is 11.5. The molecule has 0 unspecified atom stereocenters. The zero-order valence-corrected chi connectivity index (χ0v) is 44.6. The Morgan fingerprint density at radius 1 is 0.765 bits per heavy atom. The van der Waals surface area contributed by atoms with Crippen molar-refractivity contribution < 1.29 is 0 Å². The highest BCUT2D eigenvalue weighted by molar-refractivity contribution is 6.26. The summed E-state index contributed by atoms with van der Waals surface area (Å²) in [6.07, 6.45) is 7.33. The van der Waals surface area contributed by atoms with Crippen LogP contribution in [-0.4, -0.2) is 166 Å². The molecule has 1 rings (SSSR count). The van der Waals surface area contributed by atoms with Gasteiger partial charge in [-0.3, -0.25) is 5.01 Å². The largest absolute Gasteiger partial charge is 0.361 e. The molecule has 0 N–H and O–H groups in total. The van der Waals surface area contributed by atoms with E-state index in [4.69, 9.17) is 0 Å². The van der Waals surface area contributed by atoms with Crippen molar-refractivity contribution in [2.45, 2.75) is 98.7 Å². The van der Waals surface area contributed by atoms with Crippen LogP contribution in [0.4, 0.5) is 0 Å². The van der Waals surface area contributed by atoms with Crippen molar-refractivity contribution in [3.63, 3.8) is 0 Å². The van der Waals surface area contributed by atoms with Gasteiger partial charge in [-0.1, -0.05) is 47.5 Å². The SMILES string of the molecule is C.CC(C)(C)N([SiH3])[SiH3].CC(C)N([SiH3])[SiH3].CCN([SiH3])[SiH3].CN(C)N([SiH3])[SiH3].CN([SiH3])C1CCCCC1. The number of nitrogens with zero attached hydrogens (tertiary/aromatic N) is 6. The number of hydrogen-bond donors (Lipinski definition) is 0. The summed E-state index contributed by atoms with van der Waals surface area (Å²) < 4.78 is 12.1. The van der Waals surface area contributed by atoms with E-state index >= 15 is 0 Å². The van der Waals surface area contributed by atoms with Crippen LogP contribution >= 0.6 is 0 Å². The Morgan fingerprint density at radius 3 is 1.12 bits per heavy atom. The third-order valence-electron chi connectivity index (χ3n) is 6.11. The number of rotatable bonds is 4. The van der Waals surface area contributed by atoms with Crippen molar-refractivity contribution in [3.05, 3.63) is 0 Å². The first-order chi connectivity index (χ1) is 14.8. The molecule has 0 aromatic carbocycles. The minimum atomic E-state index is 0. The standard InChI is InChI=1S/C7H17NSi.C4H15NSi2.C3H13NSi2.C2H12N2Si2.C2H11NSi2.CH4/c1-8(9)7-5-3-2-4-6-7;1-4(2,3)5(6)7;2*1-3(2)4(5)6;1-2-3(4)5;/h7H,2-6H2,1,9H3;1-3,6-7H3;3H,1-2,5-6H3;1-2,5-6H3;2H2,1,4-5H3;1H4. The molecule has 1 saturated carbocycles. The molecule has 214 valence electrons. The minimum absolute atomic E-state index is 0. The van der Waals surface area contributed by atoms with Gasteiger partial charge in [0.05, 0.1) is 93.6 Å². The second kappa shape index (κ2) is 27.7. The van der Waals surface area contributed by atoms with E-state index in [1.165, 1.54) is 132 Å². The molecular weight excluding hydrogens is 565 g/mol. The predicted octanol–water partition coefficient (Wildman–Crippen LogP) is -6.73. The smallest absolute Gasteiger partial charge is 0.0874 e. The predicted molar refractivity (Wildman–Crippen MR) is 197 cm³/mol. The van der Waals surface area contributed by atoms with Gasteiger partial charge in [0.15, 0.2) is 0 Å². The van der Waals surface area contributed by atoms with Crippen LogP contribution in [0.25, 0.3) is 0 Å². The van der Waals surface area contributed by atoms with Gasteiger partial charge in [0.25, 0.3) is 0 Å². The quantitative estimate of drug-likeness (QED) is 0.224. The Morgan fingerprint density at radius 2 is 1.03 bits per heavy atom. The van der Waals surface area contributed by atoms with E-state index in [9.17, 15) is 0 Å². The first-order valence-electron chi connectivity index (χ1n) is 12.8. The summed E-state index contributed by atoms with van der Waals surface area (Å²) in [5.41, 5.74) is 0.457. The molecule has 34 heavy (non-hydrogen) atoms. The van der Waals surface area contributed by atoms with Gasteiger partial charge in [-0.05, 0) is 58.8 Å². The van der Waals surface area contributed by atoms with Gasteiger partial charge in [-0.25, -0.2) is 0 Å². The van der Waals surface area contributed by atoms with Crippen LogP contribution in [-0.2, 0) is 0 Å². The van der Waals surface area contributed by atoms with Gasteiger partial charge in [-0.2, -0.15) is 0 Å². The third kappa shape index (κ3) is 40.9. The Hall–Kier alpha value is 1.71. The van der Waals surface area contributed by atoms with Crippen molar-refractivity contribution >= 4 is 93.6 Å². The summed E-state index contributed by atoms with van der Waals surface area (Å²) in [5, 5.41) is 2.12. The van der Waals surface area contributed by atoms with Crippen LogP contribution in [0.5, 0.6) is 0 Å². The molecule has 0 atom stereocenters. The van der Waals surface area contributed by atoms with Crippen molar-refractivity contribution in [1.82, 2.24) is 26.6 Å². The fourth-order valence-corrected chi connectivity index (χ4v) is 2.11. The molecular formula is C19H72N6Si9. The summed E-state index contributed by atoms with van der Waals surface area (Å²) in [6, 6.07) is 1.76. The van der Waals surface area contributed by atoms with E-state index in [0.717, 1.165) is 12.1 Å². The lowest BCUT2D eigenvalue weighted by Gasteiger charge is -2.28. The average molecular weight is 638 g/mol. The second-order valence-corrected chi connectivity index (χ2v) is 31.2. The van der Waals surface area contributed by atoms with E-state index in [2.05, 4.69) is 89.3 Å². The zero-order valence-electron chi connectivity index (χ0n) is 26.6. The Labute approximate surface area is 245 Å². The lowest BCUT2D eigenvalue weighted by Crippen LogP contribution is -2.36. The molecule has 15 heteroatoms. The molecule has 1 fully saturated rings. The summed E-state index contributed by atoms with van der Waals surface area (Å²) in [6.45, 7) is 14.7. The van der Waals surface area contributed by atoms with Crippen LogP contribution < -0.4 is 0 Å². The van der Waals surface area contributed by atoms with Crippen molar-refractivity contribution in [3.8, 4) is 0 Å². The first kappa shape index (κ1) is 45.6. The van der Waals surface area contributed by atoms with Crippen LogP contribution in [0.3, 0.4) is 0 Å². The highest BCUT2D eigenvalue weighted by atomic mass is 28.2. The highest BCUT2D eigenvalue weighted by Gasteiger charge is 2.13. The Bertz CT molecular complexity index is 367. The molecule has 0 aromatic heterocycles. The van der Waals surface area contributed by atoms with E-state index < -0.39 is 0 Å². The minimum Gasteiger partial charge on any atom is -0.361 e. The molecule has 0 heterocycles. The number of hydrazine groups is 1. The van der Waals surface area contributed by atoms with Gasteiger partial charge < -0.3 is 21.6 Å². The highest BCUT2D eigenvalue weighted by Crippen LogP contribution is 2.19. The van der Waals surface area contributed by atoms with Gasteiger partial charge in [0.2, 0.25) is 0 Å². The summed E-state index contributed by atoms with van der Waals surface area (Å²) in [7, 11) is 17.5. The van der Waals surface area contributed by atoms with E-state index in [1.807, 2.05) is 0 Å². The molecule has 1 aliphatic rings. The topological polar surface area (TPSA) is 19.4 Å². The average Bonchev–Trinajstić information content (AvgIpc) is 2.69. The molecule has 0 aliphatic heterocycles. The Balaban J connectivity index is -0.000000104. The molecule has 6 nitrogen and oxygen atoms in total. The molecule has 0 spiro atoms. The monoisotopic (exact) mass is 636 g/mol. The van der Waals surface area contributed by atoms with Crippen LogP contribution in [0.1, 0.15) is 81.1 Å². The molecule has 0 amide bonds. The molecule has 1 aliphatic carbocycles. The van der Waals surface area contributed by atoms with E-state index in [1.54, 1.807) is 0 Å². The van der Waals surface area contributed by atoms with Crippen LogP contribution in [0.2, 0.25) is 0 Å². The zero-order chi connectivity index (χ0) is 27.4. The van der Waals surface area contributed by atoms with Crippen molar-refractivity contribution in [2.75, 3.05) is 27.7 Å².